The van der Waals surface area contributed by atoms with Gasteiger partial charge in [-0.1, -0.05) is 6.07 Å². The average Bonchev–Trinajstić information content (AvgIpc) is 2.81. The second kappa shape index (κ2) is 10.5. The lowest BCUT2D eigenvalue weighted by Gasteiger charge is -2.15. The van der Waals surface area contributed by atoms with Crippen LogP contribution in [-0.2, 0) is 20.4 Å². The highest BCUT2D eigenvalue weighted by molar-refractivity contribution is 5.84. The Hall–Kier alpha value is -3.73. The van der Waals surface area contributed by atoms with E-state index >= 15 is 0 Å². The minimum absolute atomic E-state index is 0.0198. The fourth-order valence-corrected chi connectivity index (χ4v) is 3.14. The quantitative estimate of drug-likeness (QED) is 0.333. The van der Waals surface area contributed by atoms with Gasteiger partial charge in [-0.05, 0) is 29.8 Å². The first kappa shape index (κ1) is 24.9. The Labute approximate surface area is 191 Å². The number of esters is 1. The van der Waals surface area contributed by atoms with Crippen molar-refractivity contribution in [2.45, 2.75) is 6.18 Å². The van der Waals surface area contributed by atoms with Gasteiger partial charge >= 0.3 is 12.1 Å². The first-order valence-corrected chi connectivity index (χ1v) is 9.87. The summed E-state index contributed by atoms with van der Waals surface area (Å²) in [5, 5.41) is -0.104. The van der Waals surface area contributed by atoms with Crippen LogP contribution < -0.4 is 19.6 Å². The molecule has 3 aromatic rings. The highest BCUT2D eigenvalue weighted by Gasteiger charge is 2.39. The van der Waals surface area contributed by atoms with Gasteiger partial charge in [0.05, 0.1) is 31.8 Å². The van der Waals surface area contributed by atoms with Gasteiger partial charge in [-0.3, -0.25) is 4.79 Å². The summed E-state index contributed by atoms with van der Waals surface area (Å²) in [6, 6.07) is 7.66. The molecule has 0 saturated carbocycles. The highest BCUT2D eigenvalue weighted by Crippen LogP contribution is 2.40. The van der Waals surface area contributed by atoms with Gasteiger partial charge in [-0.25, -0.2) is 4.79 Å². The molecule has 0 atom stereocenters. The highest BCUT2D eigenvalue weighted by atomic mass is 19.4. The third kappa shape index (κ3) is 5.42. The molecule has 0 unspecified atom stereocenters. The van der Waals surface area contributed by atoms with Crippen LogP contribution in [0.3, 0.4) is 0 Å². The number of hydrogen-bond acceptors (Lipinski definition) is 8. The van der Waals surface area contributed by atoms with Gasteiger partial charge in [0, 0.05) is 13.2 Å². The maximum Gasteiger partial charge on any atom is 0.450 e. The minimum atomic E-state index is -4.97. The van der Waals surface area contributed by atoms with E-state index in [2.05, 4.69) is 0 Å². The molecule has 0 amide bonds. The van der Waals surface area contributed by atoms with Crippen molar-refractivity contribution in [1.29, 1.82) is 0 Å². The number of hydrogen-bond donors (Lipinski definition) is 0. The van der Waals surface area contributed by atoms with Crippen LogP contribution in [0.15, 0.2) is 45.6 Å². The molecule has 0 fully saturated rings. The molecule has 0 N–H and O–H groups in total. The summed E-state index contributed by atoms with van der Waals surface area (Å²) < 4.78 is 71.9. The van der Waals surface area contributed by atoms with Crippen molar-refractivity contribution in [3.8, 4) is 28.4 Å². The van der Waals surface area contributed by atoms with E-state index in [1.54, 1.807) is 0 Å². The standard InChI is InChI=1S/C23H21F3O8/c1-29-8-9-32-19(27)12-33-14-5-6-15-17(11-14)34-22(23(24,25)26)20(21(15)28)13-4-7-16(30-2)18(10-13)31-3/h4-7,10-11H,8-9,12H2,1-3H3. The van der Waals surface area contributed by atoms with Gasteiger partial charge in [0.2, 0.25) is 11.2 Å². The summed E-state index contributed by atoms with van der Waals surface area (Å²) in [5.74, 6) is -1.72. The summed E-state index contributed by atoms with van der Waals surface area (Å²) in [6.07, 6.45) is -4.97. The largest absolute Gasteiger partial charge is 0.493 e. The summed E-state index contributed by atoms with van der Waals surface area (Å²) in [4.78, 5) is 24.8. The molecule has 0 aliphatic rings. The molecular weight excluding hydrogens is 461 g/mol. The monoisotopic (exact) mass is 482 g/mol. The predicted molar refractivity (Wildman–Crippen MR) is 114 cm³/mol. The summed E-state index contributed by atoms with van der Waals surface area (Å²) in [6.45, 7) is -0.260. The number of benzene rings is 2. The van der Waals surface area contributed by atoms with Gasteiger partial charge in [0.15, 0.2) is 18.1 Å². The summed E-state index contributed by atoms with van der Waals surface area (Å²) in [5.41, 5.74) is -1.98. The van der Waals surface area contributed by atoms with Crippen molar-refractivity contribution in [1.82, 2.24) is 0 Å². The number of carbonyl (C=O) groups excluding carboxylic acids is 1. The molecule has 0 spiro atoms. The normalized spacial score (nSPS) is 11.4. The molecule has 1 aromatic heterocycles. The van der Waals surface area contributed by atoms with Crippen molar-refractivity contribution >= 4 is 16.9 Å². The smallest absolute Gasteiger partial charge is 0.450 e. The maximum atomic E-state index is 13.9. The Morgan fingerprint density at radius 3 is 2.35 bits per heavy atom. The molecule has 2 aromatic carbocycles. The first-order chi connectivity index (χ1) is 16.2. The average molecular weight is 482 g/mol. The van der Waals surface area contributed by atoms with Crippen molar-refractivity contribution in [3.63, 3.8) is 0 Å². The van der Waals surface area contributed by atoms with E-state index < -0.39 is 35.5 Å². The number of carbonyl (C=O) groups is 1. The molecule has 0 aliphatic heterocycles. The zero-order valence-electron chi connectivity index (χ0n) is 18.5. The Kier molecular flexibility index (Phi) is 7.67. The fraction of sp³-hybridized carbons (Fsp3) is 0.304. The Bertz CT molecular complexity index is 1230. The third-order valence-electron chi connectivity index (χ3n) is 4.70. The molecule has 34 heavy (non-hydrogen) atoms. The molecule has 0 aliphatic carbocycles. The van der Waals surface area contributed by atoms with Crippen LogP contribution in [0, 0.1) is 0 Å². The predicted octanol–water partition coefficient (Wildman–Crippen LogP) is 4.06. The van der Waals surface area contributed by atoms with Crippen molar-refractivity contribution in [2.24, 2.45) is 0 Å². The second-order valence-corrected chi connectivity index (χ2v) is 6.86. The lowest BCUT2D eigenvalue weighted by atomic mass is 10.0. The third-order valence-corrected chi connectivity index (χ3v) is 4.70. The minimum Gasteiger partial charge on any atom is -0.493 e. The van der Waals surface area contributed by atoms with Crippen LogP contribution in [0.4, 0.5) is 13.2 Å². The number of alkyl halides is 3. The first-order valence-electron chi connectivity index (χ1n) is 9.87. The van der Waals surface area contributed by atoms with E-state index in [9.17, 15) is 22.8 Å². The summed E-state index contributed by atoms with van der Waals surface area (Å²) in [7, 11) is 4.14. The van der Waals surface area contributed by atoms with Crippen LogP contribution in [0.5, 0.6) is 17.2 Å². The molecule has 0 radical (unpaired) electrons. The van der Waals surface area contributed by atoms with E-state index in [4.69, 9.17) is 28.1 Å². The molecule has 11 heteroatoms. The van der Waals surface area contributed by atoms with E-state index in [0.29, 0.717) is 0 Å². The number of halogens is 3. The number of ether oxygens (including phenoxy) is 5. The topological polar surface area (TPSA) is 93.4 Å². The molecule has 0 saturated heterocycles. The lowest BCUT2D eigenvalue weighted by Crippen LogP contribution is -2.17. The molecule has 8 nitrogen and oxygen atoms in total. The van der Waals surface area contributed by atoms with Crippen LogP contribution >= 0.6 is 0 Å². The van der Waals surface area contributed by atoms with Crippen LogP contribution in [0.2, 0.25) is 0 Å². The van der Waals surface area contributed by atoms with Gasteiger partial charge in [-0.15, -0.1) is 0 Å². The van der Waals surface area contributed by atoms with Crippen molar-refractivity contribution < 1.29 is 46.1 Å². The van der Waals surface area contributed by atoms with Gasteiger partial charge in [-0.2, -0.15) is 13.2 Å². The number of methoxy groups -OCH3 is 3. The lowest BCUT2D eigenvalue weighted by molar-refractivity contribution is -0.152. The van der Waals surface area contributed by atoms with Crippen LogP contribution in [0.1, 0.15) is 5.76 Å². The summed E-state index contributed by atoms with van der Waals surface area (Å²) >= 11 is 0. The van der Waals surface area contributed by atoms with Crippen molar-refractivity contribution in [2.75, 3.05) is 41.2 Å². The maximum absolute atomic E-state index is 13.9. The molecule has 0 bridgehead atoms. The fourth-order valence-electron chi connectivity index (χ4n) is 3.14. The van der Waals surface area contributed by atoms with Gasteiger partial charge in [0.1, 0.15) is 17.9 Å². The molecular formula is C23H21F3O8. The van der Waals surface area contributed by atoms with Crippen molar-refractivity contribution in [3.05, 3.63) is 52.4 Å². The second-order valence-electron chi connectivity index (χ2n) is 6.86. The van der Waals surface area contributed by atoms with Crippen LogP contribution in [0.25, 0.3) is 22.1 Å². The molecule has 1 heterocycles. The zero-order chi connectivity index (χ0) is 24.9. The van der Waals surface area contributed by atoms with Gasteiger partial charge < -0.3 is 28.1 Å². The van der Waals surface area contributed by atoms with E-state index in [0.717, 1.165) is 6.07 Å². The SMILES string of the molecule is COCCOC(=O)COc1ccc2c(=O)c(-c3ccc(OC)c(OC)c3)c(C(F)(F)F)oc2c1. The molecule has 3 rings (SSSR count). The van der Waals surface area contributed by atoms with E-state index in [-0.39, 0.29) is 47.0 Å². The Morgan fingerprint density at radius 2 is 1.71 bits per heavy atom. The van der Waals surface area contributed by atoms with Gasteiger partial charge in [0.25, 0.3) is 0 Å². The van der Waals surface area contributed by atoms with E-state index in [1.807, 2.05) is 0 Å². The number of fused-ring (bicyclic) bond motifs is 1. The zero-order valence-corrected chi connectivity index (χ0v) is 18.5. The number of rotatable bonds is 9. The van der Waals surface area contributed by atoms with Crippen LogP contribution in [-0.4, -0.2) is 47.1 Å². The van der Waals surface area contributed by atoms with E-state index in [1.165, 1.54) is 51.7 Å². The Morgan fingerprint density at radius 1 is 0.971 bits per heavy atom. The Balaban J connectivity index is 2.03. The molecule has 182 valence electrons.